The summed E-state index contributed by atoms with van der Waals surface area (Å²) in [5.41, 5.74) is 3.73. The van der Waals surface area contributed by atoms with Crippen molar-refractivity contribution in [2.45, 2.75) is 45.4 Å². The van der Waals surface area contributed by atoms with Crippen molar-refractivity contribution in [2.75, 3.05) is 33.4 Å². The molecule has 0 radical (unpaired) electrons. The largest absolute Gasteiger partial charge is 0.394 e. The van der Waals surface area contributed by atoms with Gasteiger partial charge in [0.15, 0.2) is 5.82 Å². The molecule has 1 unspecified atom stereocenters. The van der Waals surface area contributed by atoms with Gasteiger partial charge in [-0.25, -0.2) is 4.98 Å². The van der Waals surface area contributed by atoms with E-state index in [1.165, 1.54) is 28.0 Å². The standard InChI is InChI=1S/C23H32N4O3S/c1-3-17-5-4-6-19-20(13-27(22(17)19)11-16-7-9-30-10-8-16)23-24-21(31-25-23)14-26(2)12-18(29)15-28/h4-6,13,16,18,28-29H,3,7-12,14-15H2,1-2H3. The second-order valence-electron chi connectivity index (χ2n) is 8.46. The summed E-state index contributed by atoms with van der Waals surface area (Å²) in [7, 11) is 1.91. The highest BCUT2D eigenvalue weighted by Crippen LogP contribution is 2.33. The minimum atomic E-state index is -0.743. The maximum Gasteiger partial charge on any atom is 0.175 e. The van der Waals surface area contributed by atoms with Crippen molar-refractivity contribution in [2.24, 2.45) is 5.92 Å². The lowest BCUT2D eigenvalue weighted by atomic mass is 10.00. The highest BCUT2D eigenvalue weighted by atomic mass is 32.1. The van der Waals surface area contributed by atoms with E-state index in [1.807, 2.05) is 11.9 Å². The second kappa shape index (κ2) is 10.2. The zero-order valence-electron chi connectivity index (χ0n) is 18.3. The van der Waals surface area contributed by atoms with Crippen LogP contribution >= 0.6 is 11.5 Å². The Balaban J connectivity index is 1.62. The predicted molar refractivity (Wildman–Crippen MR) is 123 cm³/mol. The van der Waals surface area contributed by atoms with Crippen molar-refractivity contribution in [3.63, 3.8) is 0 Å². The number of aryl methyl sites for hydroxylation is 1. The topological polar surface area (TPSA) is 83.6 Å². The third-order valence-electron chi connectivity index (χ3n) is 6.01. The number of likely N-dealkylation sites (N-methyl/N-ethyl adjacent to an activating group) is 1. The summed E-state index contributed by atoms with van der Waals surface area (Å²) in [6, 6.07) is 6.52. The molecule has 8 heteroatoms. The van der Waals surface area contributed by atoms with Crippen molar-refractivity contribution in [1.82, 2.24) is 18.8 Å². The molecule has 4 rings (SSSR count). The zero-order valence-corrected chi connectivity index (χ0v) is 19.1. The number of benzene rings is 1. The van der Waals surface area contributed by atoms with Crippen molar-refractivity contribution in [3.05, 3.63) is 35.0 Å². The van der Waals surface area contributed by atoms with Crippen LogP contribution in [0.5, 0.6) is 0 Å². The molecule has 0 amide bonds. The van der Waals surface area contributed by atoms with Gasteiger partial charge in [0.05, 0.1) is 24.8 Å². The quantitative estimate of drug-likeness (QED) is 0.528. The van der Waals surface area contributed by atoms with Gasteiger partial charge in [0, 0.05) is 43.4 Å². The normalized spacial score (nSPS) is 16.4. The van der Waals surface area contributed by atoms with Crippen LogP contribution in [0.2, 0.25) is 0 Å². The van der Waals surface area contributed by atoms with Crippen LogP contribution in [-0.4, -0.2) is 68.6 Å². The van der Waals surface area contributed by atoms with Crippen molar-refractivity contribution in [3.8, 4) is 11.4 Å². The number of fused-ring (bicyclic) bond motifs is 1. The predicted octanol–water partition coefficient (Wildman–Crippen LogP) is 2.93. The third-order valence-corrected chi connectivity index (χ3v) is 6.70. The number of nitrogens with zero attached hydrogens (tertiary/aromatic N) is 4. The number of aliphatic hydroxyl groups excluding tert-OH is 2. The monoisotopic (exact) mass is 444 g/mol. The van der Waals surface area contributed by atoms with Gasteiger partial charge in [0.2, 0.25) is 0 Å². The molecule has 1 saturated heterocycles. The average Bonchev–Trinajstić information content (AvgIpc) is 3.39. The lowest BCUT2D eigenvalue weighted by molar-refractivity contribution is 0.0616. The summed E-state index contributed by atoms with van der Waals surface area (Å²) in [6.45, 7) is 5.66. The molecule has 1 atom stereocenters. The molecule has 7 nitrogen and oxygen atoms in total. The number of para-hydroxylation sites is 1. The Morgan fingerprint density at radius 1 is 1.32 bits per heavy atom. The first kappa shape index (κ1) is 22.4. The molecule has 0 bridgehead atoms. The van der Waals surface area contributed by atoms with E-state index in [1.54, 1.807) is 0 Å². The van der Waals surface area contributed by atoms with Gasteiger partial charge >= 0.3 is 0 Å². The Kier molecular flexibility index (Phi) is 7.35. The summed E-state index contributed by atoms with van der Waals surface area (Å²) in [4.78, 5) is 6.76. The zero-order chi connectivity index (χ0) is 21.8. The lowest BCUT2D eigenvalue weighted by Crippen LogP contribution is -2.30. The van der Waals surface area contributed by atoms with E-state index in [0.29, 0.717) is 19.0 Å². The van der Waals surface area contributed by atoms with Gasteiger partial charge < -0.3 is 19.5 Å². The number of hydrogen-bond donors (Lipinski definition) is 2. The molecule has 1 fully saturated rings. The second-order valence-corrected chi connectivity index (χ2v) is 9.30. The summed E-state index contributed by atoms with van der Waals surface area (Å²) in [6.07, 6.45) is 4.68. The first-order valence-electron chi connectivity index (χ1n) is 11.1. The van der Waals surface area contributed by atoms with Crippen LogP contribution in [0.1, 0.15) is 30.3 Å². The van der Waals surface area contributed by atoms with E-state index in [-0.39, 0.29) is 6.61 Å². The Morgan fingerprint density at radius 2 is 2.13 bits per heavy atom. The molecule has 0 saturated carbocycles. The minimum absolute atomic E-state index is 0.238. The van der Waals surface area contributed by atoms with Crippen LogP contribution in [0.3, 0.4) is 0 Å². The van der Waals surface area contributed by atoms with E-state index in [4.69, 9.17) is 14.8 Å². The highest BCUT2D eigenvalue weighted by Gasteiger charge is 2.20. The summed E-state index contributed by atoms with van der Waals surface area (Å²) >= 11 is 1.40. The SMILES string of the molecule is CCc1cccc2c(-c3nsc(CN(C)CC(O)CO)n3)cn(CC3CCOCC3)c12. The first-order valence-corrected chi connectivity index (χ1v) is 11.8. The molecular weight excluding hydrogens is 412 g/mol. The van der Waals surface area contributed by atoms with Crippen LogP contribution in [0.25, 0.3) is 22.3 Å². The van der Waals surface area contributed by atoms with Gasteiger partial charge in [-0.15, -0.1) is 0 Å². The van der Waals surface area contributed by atoms with Crippen molar-refractivity contribution < 1.29 is 14.9 Å². The van der Waals surface area contributed by atoms with Gasteiger partial charge in [-0.3, -0.25) is 4.90 Å². The highest BCUT2D eigenvalue weighted by molar-refractivity contribution is 7.05. The minimum Gasteiger partial charge on any atom is -0.394 e. The van der Waals surface area contributed by atoms with E-state index < -0.39 is 6.10 Å². The number of ether oxygens (including phenoxy) is 1. The molecular formula is C23H32N4O3S. The smallest absolute Gasteiger partial charge is 0.175 e. The summed E-state index contributed by atoms with van der Waals surface area (Å²) < 4.78 is 12.6. The van der Waals surface area contributed by atoms with E-state index in [9.17, 15) is 5.11 Å². The number of hydrogen-bond acceptors (Lipinski definition) is 7. The molecule has 31 heavy (non-hydrogen) atoms. The first-order chi connectivity index (χ1) is 15.1. The lowest BCUT2D eigenvalue weighted by Gasteiger charge is -2.23. The van der Waals surface area contributed by atoms with Gasteiger partial charge in [-0.2, -0.15) is 4.37 Å². The molecule has 3 aromatic rings. The van der Waals surface area contributed by atoms with Crippen LogP contribution in [0.15, 0.2) is 24.4 Å². The van der Waals surface area contributed by atoms with Gasteiger partial charge in [0.1, 0.15) is 5.01 Å². The Labute approximate surface area is 187 Å². The number of aliphatic hydroxyl groups is 2. The third kappa shape index (κ3) is 5.15. The average molecular weight is 445 g/mol. The van der Waals surface area contributed by atoms with Crippen molar-refractivity contribution in [1.29, 1.82) is 0 Å². The number of rotatable bonds is 9. The van der Waals surface area contributed by atoms with Crippen LogP contribution in [0, 0.1) is 5.92 Å². The van der Waals surface area contributed by atoms with Crippen LogP contribution < -0.4 is 0 Å². The van der Waals surface area contributed by atoms with E-state index in [2.05, 4.69) is 40.3 Å². The maximum atomic E-state index is 9.66. The Morgan fingerprint density at radius 3 is 2.87 bits per heavy atom. The molecule has 3 heterocycles. The molecule has 1 aliphatic heterocycles. The fourth-order valence-corrected chi connectivity index (χ4v) is 5.13. The van der Waals surface area contributed by atoms with Crippen LogP contribution in [0.4, 0.5) is 0 Å². The maximum absolute atomic E-state index is 9.66. The molecule has 1 aromatic carbocycles. The molecule has 168 valence electrons. The molecule has 0 aliphatic carbocycles. The summed E-state index contributed by atoms with van der Waals surface area (Å²) in [5, 5.41) is 20.8. The van der Waals surface area contributed by atoms with Gasteiger partial charge in [0.25, 0.3) is 0 Å². The number of aromatic nitrogens is 3. The van der Waals surface area contributed by atoms with Gasteiger partial charge in [-0.05, 0) is 49.3 Å². The molecule has 0 spiro atoms. The Bertz CT molecular complexity index is 996. The van der Waals surface area contributed by atoms with Crippen molar-refractivity contribution >= 4 is 22.4 Å². The van der Waals surface area contributed by atoms with Crippen LogP contribution in [-0.2, 0) is 24.2 Å². The van der Waals surface area contributed by atoms with E-state index >= 15 is 0 Å². The van der Waals surface area contributed by atoms with E-state index in [0.717, 1.165) is 55.4 Å². The fraction of sp³-hybridized carbons (Fsp3) is 0.565. The fourth-order valence-electron chi connectivity index (χ4n) is 4.39. The summed E-state index contributed by atoms with van der Waals surface area (Å²) in [5.74, 6) is 1.40. The Hall–Kier alpha value is -1.84. The molecule has 2 aromatic heterocycles. The molecule has 2 N–H and O–H groups in total. The molecule has 1 aliphatic rings. The van der Waals surface area contributed by atoms with Gasteiger partial charge in [-0.1, -0.05) is 25.1 Å².